The number of anilines is 1. The van der Waals surface area contributed by atoms with E-state index in [0.29, 0.717) is 19.5 Å². The smallest absolute Gasteiger partial charge is 0.311 e. The molecule has 1 aliphatic heterocycles. The minimum atomic E-state index is -0.556. The molecule has 7 nitrogen and oxygen atoms in total. The highest BCUT2D eigenvalue weighted by atomic mass is 19.1. The van der Waals surface area contributed by atoms with Crippen molar-refractivity contribution in [2.45, 2.75) is 19.0 Å². The average molecular weight is 330 g/mol. The molecular weight excluding hydrogens is 315 g/mol. The van der Waals surface area contributed by atoms with Crippen molar-refractivity contribution in [1.82, 2.24) is 9.88 Å². The van der Waals surface area contributed by atoms with Crippen molar-refractivity contribution < 1.29 is 14.1 Å². The van der Waals surface area contributed by atoms with Gasteiger partial charge in [-0.25, -0.2) is 9.37 Å². The molecular formula is C16H15FN4O3. The molecule has 1 N–H and O–H groups in total. The van der Waals surface area contributed by atoms with E-state index in [1.54, 1.807) is 17.0 Å². The van der Waals surface area contributed by atoms with Crippen molar-refractivity contribution in [3.05, 3.63) is 64.1 Å². The molecule has 8 heteroatoms. The van der Waals surface area contributed by atoms with Gasteiger partial charge in [-0.2, -0.15) is 0 Å². The van der Waals surface area contributed by atoms with E-state index in [4.69, 9.17) is 0 Å². The van der Waals surface area contributed by atoms with E-state index in [0.717, 1.165) is 5.56 Å². The van der Waals surface area contributed by atoms with E-state index >= 15 is 0 Å². The molecule has 1 aromatic heterocycles. The molecule has 2 heterocycles. The lowest BCUT2D eigenvalue weighted by molar-refractivity contribution is -0.384. The third kappa shape index (κ3) is 3.32. The first kappa shape index (κ1) is 15.9. The Kier molecular flexibility index (Phi) is 4.37. The summed E-state index contributed by atoms with van der Waals surface area (Å²) in [6.07, 6.45) is 1.96. The zero-order valence-corrected chi connectivity index (χ0v) is 12.7. The van der Waals surface area contributed by atoms with E-state index in [-0.39, 0.29) is 23.2 Å². The molecule has 1 atom stereocenters. The Hall–Kier alpha value is -3.03. The third-order valence-electron chi connectivity index (χ3n) is 3.88. The van der Waals surface area contributed by atoms with E-state index in [1.807, 2.05) is 0 Å². The molecule has 0 radical (unpaired) electrons. The molecule has 1 fully saturated rings. The van der Waals surface area contributed by atoms with Crippen LogP contribution in [0.5, 0.6) is 0 Å². The molecule has 0 aliphatic carbocycles. The van der Waals surface area contributed by atoms with Crippen LogP contribution in [0.15, 0.2) is 42.6 Å². The largest absolute Gasteiger partial charge is 0.353 e. The number of likely N-dealkylation sites (tertiary alicyclic amines) is 1. The summed E-state index contributed by atoms with van der Waals surface area (Å²) >= 11 is 0. The van der Waals surface area contributed by atoms with Gasteiger partial charge in [-0.15, -0.1) is 0 Å². The van der Waals surface area contributed by atoms with Crippen molar-refractivity contribution in [2.75, 3.05) is 11.9 Å². The van der Waals surface area contributed by atoms with Crippen LogP contribution in [0.4, 0.5) is 15.9 Å². The number of nitrogens with zero attached hydrogens (tertiary/aromatic N) is 3. The molecule has 0 saturated carbocycles. The summed E-state index contributed by atoms with van der Waals surface area (Å²) in [6.45, 7) is 0.899. The fraction of sp³-hybridized carbons (Fsp3) is 0.250. The van der Waals surface area contributed by atoms with Gasteiger partial charge in [-0.1, -0.05) is 12.1 Å². The van der Waals surface area contributed by atoms with Crippen LogP contribution in [-0.4, -0.2) is 33.3 Å². The van der Waals surface area contributed by atoms with Crippen molar-refractivity contribution in [2.24, 2.45) is 0 Å². The zero-order chi connectivity index (χ0) is 17.1. The summed E-state index contributed by atoms with van der Waals surface area (Å²) in [5.41, 5.74) is 0.663. The topological polar surface area (TPSA) is 88.4 Å². The van der Waals surface area contributed by atoms with Gasteiger partial charge in [0, 0.05) is 25.4 Å². The molecule has 1 amide bonds. The number of nitrogens with one attached hydrogen (secondary N) is 1. The number of nitro groups is 1. The van der Waals surface area contributed by atoms with Crippen molar-refractivity contribution in [1.29, 1.82) is 0 Å². The van der Waals surface area contributed by atoms with Crippen molar-refractivity contribution in [3.63, 3.8) is 0 Å². The lowest BCUT2D eigenvalue weighted by Crippen LogP contribution is -2.33. The van der Waals surface area contributed by atoms with Gasteiger partial charge in [0.2, 0.25) is 11.7 Å². The van der Waals surface area contributed by atoms with Crippen LogP contribution >= 0.6 is 0 Å². The van der Waals surface area contributed by atoms with Gasteiger partial charge in [0.05, 0.1) is 4.92 Å². The molecule has 2 aromatic rings. The molecule has 0 spiro atoms. The number of halogens is 1. The SMILES string of the molecule is O=C1C(Nc2ncccc2[N+](=O)[O-])CCN1Cc1ccc(F)cc1. The first-order chi connectivity index (χ1) is 11.5. The van der Waals surface area contributed by atoms with E-state index in [1.165, 1.54) is 30.5 Å². The van der Waals surface area contributed by atoms with Gasteiger partial charge in [-0.05, 0) is 30.2 Å². The van der Waals surface area contributed by atoms with Crippen LogP contribution in [0, 0.1) is 15.9 Å². The second-order valence-corrected chi connectivity index (χ2v) is 5.50. The Labute approximate surface area is 137 Å². The molecule has 124 valence electrons. The predicted octanol–water partition coefficient (Wildman–Crippen LogP) is 2.34. The normalized spacial score (nSPS) is 17.1. The van der Waals surface area contributed by atoms with Gasteiger partial charge in [0.15, 0.2) is 0 Å². The highest BCUT2D eigenvalue weighted by molar-refractivity contribution is 5.87. The first-order valence-electron chi connectivity index (χ1n) is 7.44. The standard InChI is InChI=1S/C16H15FN4O3/c17-12-5-3-11(4-6-12)10-20-9-7-13(16(20)22)19-15-14(21(23)24)2-1-8-18-15/h1-6,8,13H,7,9-10H2,(H,18,19). The van der Waals surface area contributed by atoms with Crippen LogP contribution in [0.25, 0.3) is 0 Å². The van der Waals surface area contributed by atoms with Crippen LogP contribution in [-0.2, 0) is 11.3 Å². The maximum absolute atomic E-state index is 12.9. The summed E-state index contributed by atoms with van der Waals surface area (Å²) in [6, 6.07) is 8.22. The molecule has 1 aliphatic rings. The third-order valence-corrected chi connectivity index (χ3v) is 3.88. The Morgan fingerprint density at radius 2 is 2.08 bits per heavy atom. The number of carbonyl (C=O) groups excluding carboxylic acids is 1. The summed E-state index contributed by atoms with van der Waals surface area (Å²) in [4.78, 5) is 28.5. The minimum Gasteiger partial charge on any atom is -0.353 e. The highest BCUT2D eigenvalue weighted by Crippen LogP contribution is 2.24. The fourth-order valence-electron chi connectivity index (χ4n) is 2.66. The number of benzene rings is 1. The number of pyridine rings is 1. The van der Waals surface area contributed by atoms with Crippen LogP contribution in [0.1, 0.15) is 12.0 Å². The summed E-state index contributed by atoms with van der Waals surface area (Å²) in [5, 5.41) is 13.9. The number of amides is 1. The monoisotopic (exact) mass is 330 g/mol. The van der Waals surface area contributed by atoms with Crippen LogP contribution in [0.3, 0.4) is 0 Å². The van der Waals surface area contributed by atoms with Gasteiger partial charge >= 0.3 is 5.69 Å². The number of aromatic nitrogens is 1. The minimum absolute atomic E-state index is 0.0875. The van der Waals surface area contributed by atoms with Gasteiger partial charge < -0.3 is 10.2 Å². The highest BCUT2D eigenvalue weighted by Gasteiger charge is 2.33. The molecule has 24 heavy (non-hydrogen) atoms. The zero-order valence-electron chi connectivity index (χ0n) is 12.7. The molecule has 1 aromatic carbocycles. The van der Waals surface area contributed by atoms with E-state index < -0.39 is 11.0 Å². The van der Waals surface area contributed by atoms with E-state index in [2.05, 4.69) is 10.3 Å². The molecule has 3 rings (SSSR count). The molecule has 1 saturated heterocycles. The fourth-order valence-corrected chi connectivity index (χ4v) is 2.66. The summed E-state index contributed by atoms with van der Waals surface area (Å²) < 4.78 is 12.9. The Balaban J connectivity index is 1.68. The summed E-state index contributed by atoms with van der Waals surface area (Å²) in [5.74, 6) is -0.391. The van der Waals surface area contributed by atoms with Crippen molar-refractivity contribution in [3.8, 4) is 0 Å². The van der Waals surface area contributed by atoms with Crippen LogP contribution < -0.4 is 5.32 Å². The maximum atomic E-state index is 12.9. The van der Waals surface area contributed by atoms with E-state index in [9.17, 15) is 19.3 Å². The molecule has 1 unspecified atom stereocenters. The Bertz CT molecular complexity index is 766. The lowest BCUT2D eigenvalue weighted by Gasteiger charge is -2.17. The predicted molar refractivity (Wildman–Crippen MR) is 84.7 cm³/mol. The second-order valence-electron chi connectivity index (χ2n) is 5.50. The van der Waals surface area contributed by atoms with Gasteiger partial charge in [0.25, 0.3) is 0 Å². The Morgan fingerprint density at radius 1 is 1.33 bits per heavy atom. The quantitative estimate of drug-likeness (QED) is 0.671. The van der Waals surface area contributed by atoms with Crippen molar-refractivity contribution >= 4 is 17.4 Å². The second kappa shape index (κ2) is 6.61. The Morgan fingerprint density at radius 3 is 2.79 bits per heavy atom. The number of rotatable bonds is 5. The first-order valence-corrected chi connectivity index (χ1v) is 7.44. The number of carbonyl (C=O) groups is 1. The van der Waals surface area contributed by atoms with Gasteiger partial charge in [0.1, 0.15) is 11.9 Å². The average Bonchev–Trinajstić information content (AvgIpc) is 2.90. The number of hydrogen-bond acceptors (Lipinski definition) is 5. The maximum Gasteiger partial charge on any atom is 0.311 e. The van der Waals surface area contributed by atoms with Crippen LogP contribution in [0.2, 0.25) is 0 Å². The molecule has 0 bridgehead atoms. The summed E-state index contributed by atoms with van der Waals surface area (Å²) in [7, 11) is 0. The number of hydrogen-bond donors (Lipinski definition) is 1. The van der Waals surface area contributed by atoms with Gasteiger partial charge in [-0.3, -0.25) is 14.9 Å². The lowest BCUT2D eigenvalue weighted by atomic mass is 10.2.